The number of nitrogens with zero attached hydrogens (tertiary/aromatic N) is 3. The molecular formula is C23H30N4O3. The molecule has 3 aromatic rings. The summed E-state index contributed by atoms with van der Waals surface area (Å²) < 4.78 is 11.0. The van der Waals surface area contributed by atoms with Crippen molar-refractivity contribution in [2.45, 2.75) is 19.8 Å². The van der Waals surface area contributed by atoms with Crippen molar-refractivity contribution in [2.75, 3.05) is 51.3 Å². The number of H-pyrrole nitrogens is 1. The maximum atomic E-state index is 12.7. The summed E-state index contributed by atoms with van der Waals surface area (Å²) in [5, 5.41) is 1.23. The number of para-hydroxylation sites is 1. The second-order valence-corrected chi connectivity index (χ2v) is 8.12. The van der Waals surface area contributed by atoms with Crippen LogP contribution in [0.4, 0.5) is 6.01 Å². The first-order chi connectivity index (χ1) is 14.6. The molecule has 7 heteroatoms. The van der Waals surface area contributed by atoms with E-state index in [1.165, 1.54) is 10.9 Å². The summed E-state index contributed by atoms with van der Waals surface area (Å²) in [6.45, 7) is 7.36. The van der Waals surface area contributed by atoms with Gasteiger partial charge in [-0.05, 0) is 24.0 Å². The average Bonchev–Trinajstić information content (AvgIpc) is 3.41. The Bertz CT molecular complexity index is 972. The fourth-order valence-corrected chi connectivity index (χ4v) is 4.09. The van der Waals surface area contributed by atoms with E-state index in [4.69, 9.17) is 9.15 Å². The molecule has 0 spiro atoms. The van der Waals surface area contributed by atoms with Crippen LogP contribution in [0.15, 0.2) is 41.1 Å². The predicted molar refractivity (Wildman–Crippen MR) is 117 cm³/mol. The van der Waals surface area contributed by atoms with E-state index in [9.17, 15) is 4.79 Å². The van der Waals surface area contributed by atoms with Gasteiger partial charge in [-0.15, -0.1) is 0 Å². The first-order valence-electron chi connectivity index (χ1n) is 10.6. The van der Waals surface area contributed by atoms with Crippen LogP contribution in [0.1, 0.15) is 29.5 Å². The first-order valence-corrected chi connectivity index (χ1v) is 10.6. The summed E-state index contributed by atoms with van der Waals surface area (Å²) in [6.07, 6.45) is 4.91. The number of oxazole rings is 1. The monoisotopic (exact) mass is 410 g/mol. The molecule has 0 aliphatic carbocycles. The number of benzene rings is 1. The minimum Gasteiger partial charge on any atom is -0.420 e. The molecule has 1 aliphatic heterocycles. The molecule has 30 heavy (non-hydrogen) atoms. The summed E-state index contributed by atoms with van der Waals surface area (Å²) in [6, 6.07) is 8.81. The van der Waals surface area contributed by atoms with E-state index < -0.39 is 0 Å². The predicted octanol–water partition coefficient (Wildman–Crippen LogP) is 3.38. The molecule has 0 amide bonds. The molecule has 1 N–H and O–H groups in total. The Kier molecular flexibility index (Phi) is 6.50. The molecule has 1 aromatic carbocycles. The Labute approximate surface area is 177 Å². The molecule has 0 radical (unpaired) electrons. The average molecular weight is 411 g/mol. The highest BCUT2D eigenvalue weighted by atomic mass is 16.5. The van der Waals surface area contributed by atoms with Crippen LogP contribution in [-0.4, -0.2) is 67.1 Å². The Balaban J connectivity index is 1.31. The zero-order valence-corrected chi connectivity index (χ0v) is 17.8. The number of hydrogen-bond donors (Lipinski definition) is 1. The summed E-state index contributed by atoms with van der Waals surface area (Å²) in [7, 11) is 1.73. The van der Waals surface area contributed by atoms with Gasteiger partial charge in [0.05, 0.1) is 12.8 Å². The topological polar surface area (TPSA) is 74.6 Å². The van der Waals surface area contributed by atoms with E-state index in [0.717, 1.165) is 51.3 Å². The van der Waals surface area contributed by atoms with E-state index in [2.05, 4.69) is 38.8 Å². The molecule has 2 aromatic heterocycles. The molecule has 7 nitrogen and oxygen atoms in total. The quantitative estimate of drug-likeness (QED) is 0.545. The van der Waals surface area contributed by atoms with Gasteiger partial charge in [-0.3, -0.25) is 9.69 Å². The van der Waals surface area contributed by atoms with Crippen molar-refractivity contribution < 1.29 is 13.9 Å². The number of carbonyl (C=O) groups is 1. The van der Waals surface area contributed by atoms with E-state index in [1.54, 1.807) is 13.3 Å². The third-order valence-corrected chi connectivity index (χ3v) is 5.80. The van der Waals surface area contributed by atoms with Crippen molar-refractivity contribution in [3.8, 4) is 0 Å². The maximum absolute atomic E-state index is 12.7. The summed E-state index contributed by atoms with van der Waals surface area (Å²) in [4.78, 5) is 24.9. The molecule has 1 saturated heterocycles. The zero-order chi connectivity index (χ0) is 20.9. The van der Waals surface area contributed by atoms with Gasteiger partial charge in [-0.25, -0.2) is 4.98 Å². The first kappa shape index (κ1) is 20.6. The van der Waals surface area contributed by atoms with E-state index in [0.29, 0.717) is 18.2 Å². The van der Waals surface area contributed by atoms with Gasteiger partial charge in [0.15, 0.2) is 11.5 Å². The van der Waals surface area contributed by atoms with Crippen LogP contribution in [0.3, 0.4) is 0 Å². The minimum atomic E-state index is 0.0137. The van der Waals surface area contributed by atoms with Crippen molar-refractivity contribution in [1.82, 2.24) is 14.9 Å². The molecule has 1 fully saturated rings. The van der Waals surface area contributed by atoms with Crippen molar-refractivity contribution >= 4 is 22.7 Å². The van der Waals surface area contributed by atoms with Gasteiger partial charge >= 0.3 is 0 Å². The number of Topliss-reactive ketones (excluding diaryl/α,β-unsaturated/α-hetero) is 1. The molecule has 0 bridgehead atoms. The highest BCUT2D eigenvalue weighted by Crippen LogP contribution is 2.24. The number of hydrogen-bond acceptors (Lipinski definition) is 6. The second kappa shape index (κ2) is 9.45. The fourth-order valence-electron chi connectivity index (χ4n) is 4.09. The normalized spacial score (nSPS) is 16.3. The van der Waals surface area contributed by atoms with Crippen LogP contribution < -0.4 is 4.90 Å². The Morgan fingerprint density at radius 3 is 2.87 bits per heavy atom. The summed E-state index contributed by atoms with van der Waals surface area (Å²) in [5.74, 6) is 0.590. The smallest absolute Gasteiger partial charge is 0.297 e. The van der Waals surface area contributed by atoms with Gasteiger partial charge in [0.1, 0.15) is 0 Å². The van der Waals surface area contributed by atoms with Crippen molar-refractivity contribution in [3.05, 3.63) is 48.0 Å². The highest BCUT2D eigenvalue weighted by molar-refractivity contribution is 5.93. The lowest BCUT2D eigenvalue weighted by Gasteiger charge is -2.33. The maximum Gasteiger partial charge on any atom is 0.297 e. The number of aromatic amines is 1. The van der Waals surface area contributed by atoms with Crippen molar-refractivity contribution in [1.29, 1.82) is 0 Å². The largest absolute Gasteiger partial charge is 0.420 e. The number of carbonyl (C=O) groups excluding carboxylic acids is 1. The number of ketones is 1. The third-order valence-electron chi connectivity index (χ3n) is 5.80. The highest BCUT2D eigenvalue weighted by Gasteiger charge is 2.23. The minimum absolute atomic E-state index is 0.0137. The van der Waals surface area contributed by atoms with E-state index in [1.807, 2.05) is 18.3 Å². The van der Waals surface area contributed by atoms with Crippen LogP contribution in [0.2, 0.25) is 0 Å². The molecule has 4 rings (SSSR count). The van der Waals surface area contributed by atoms with Crippen LogP contribution >= 0.6 is 0 Å². The molecule has 3 heterocycles. The molecule has 0 saturated carbocycles. The van der Waals surface area contributed by atoms with Gasteiger partial charge in [-0.1, -0.05) is 25.1 Å². The summed E-state index contributed by atoms with van der Waals surface area (Å²) >= 11 is 0. The van der Waals surface area contributed by atoms with Gasteiger partial charge in [0.2, 0.25) is 0 Å². The molecule has 1 aliphatic rings. The fraction of sp³-hybridized carbons (Fsp3) is 0.478. The lowest BCUT2D eigenvalue weighted by atomic mass is 9.95. The Morgan fingerprint density at radius 1 is 1.27 bits per heavy atom. The molecular weight excluding hydrogens is 380 g/mol. The lowest BCUT2D eigenvalue weighted by Crippen LogP contribution is -2.47. The van der Waals surface area contributed by atoms with Crippen LogP contribution in [0.25, 0.3) is 10.9 Å². The van der Waals surface area contributed by atoms with Crippen molar-refractivity contribution in [3.63, 3.8) is 0 Å². The van der Waals surface area contributed by atoms with Crippen LogP contribution in [-0.2, 0) is 11.2 Å². The standard InChI is InChI=1S/C23H30N4O3/c1-17(13-18-15-24-20-6-4-3-5-19(18)20)14-21(28)22-16-25-23(30-22)27-9-7-26(8-10-27)11-12-29-2/h3-6,15-17,24H,7-14H2,1-2H3. The SMILES string of the molecule is COCCN1CCN(c2ncc(C(=O)CC(C)Cc3c[nH]c4ccccc34)o2)CC1. The number of anilines is 1. The van der Waals surface area contributed by atoms with Gasteiger partial charge < -0.3 is 19.0 Å². The Hall–Kier alpha value is -2.64. The molecule has 1 atom stereocenters. The zero-order valence-electron chi connectivity index (χ0n) is 17.8. The number of ether oxygens (including phenoxy) is 1. The lowest BCUT2D eigenvalue weighted by molar-refractivity contribution is 0.0937. The van der Waals surface area contributed by atoms with E-state index in [-0.39, 0.29) is 11.7 Å². The van der Waals surface area contributed by atoms with Gasteiger partial charge in [-0.2, -0.15) is 0 Å². The number of rotatable bonds is 9. The molecule has 1 unspecified atom stereocenters. The second-order valence-electron chi connectivity index (χ2n) is 8.12. The van der Waals surface area contributed by atoms with Crippen LogP contribution in [0, 0.1) is 5.92 Å². The number of aromatic nitrogens is 2. The van der Waals surface area contributed by atoms with Gasteiger partial charge in [0, 0.05) is 63.4 Å². The third kappa shape index (κ3) is 4.74. The number of nitrogens with one attached hydrogen (secondary N) is 1. The Morgan fingerprint density at radius 2 is 2.07 bits per heavy atom. The number of fused-ring (bicyclic) bond motifs is 1. The van der Waals surface area contributed by atoms with Crippen molar-refractivity contribution in [2.24, 2.45) is 5.92 Å². The van der Waals surface area contributed by atoms with E-state index >= 15 is 0 Å². The summed E-state index contributed by atoms with van der Waals surface area (Å²) in [5.41, 5.74) is 2.38. The number of methoxy groups -OCH3 is 1. The molecule has 160 valence electrons. The number of piperazine rings is 1. The van der Waals surface area contributed by atoms with Crippen LogP contribution in [0.5, 0.6) is 0 Å². The van der Waals surface area contributed by atoms with Gasteiger partial charge in [0.25, 0.3) is 6.01 Å².